The number of carbonyl (C=O) groups is 1. The molecule has 0 fully saturated rings. The van der Waals surface area contributed by atoms with Gasteiger partial charge in [-0.3, -0.25) is 10.1 Å². The quantitative estimate of drug-likeness (QED) is 0.593. The summed E-state index contributed by atoms with van der Waals surface area (Å²) >= 11 is 0. The van der Waals surface area contributed by atoms with Gasteiger partial charge in [-0.25, -0.2) is 0 Å². The van der Waals surface area contributed by atoms with Gasteiger partial charge in [-0.05, 0) is 19.4 Å². The number of esters is 1. The summed E-state index contributed by atoms with van der Waals surface area (Å²) in [6.45, 7) is 8.30. The first-order valence-corrected chi connectivity index (χ1v) is 6.19. The molecule has 1 rings (SSSR count). The van der Waals surface area contributed by atoms with Crippen molar-refractivity contribution in [3.63, 3.8) is 0 Å². The van der Waals surface area contributed by atoms with Gasteiger partial charge in [0.05, 0.1) is 6.61 Å². The Labute approximate surface area is 109 Å². The maximum atomic E-state index is 12.1. The Hall–Kier alpha value is -1.61. The lowest BCUT2D eigenvalue weighted by molar-refractivity contribution is -0.150. The Bertz CT molecular complexity index is 389. The van der Waals surface area contributed by atoms with E-state index in [0.29, 0.717) is 19.6 Å². The number of hydrogen-bond acceptors (Lipinski definition) is 3. The second-order valence-electron chi connectivity index (χ2n) is 4.38. The number of rotatable bonds is 7. The molecule has 0 heterocycles. The van der Waals surface area contributed by atoms with E-state index < -0.39 is 5.54 Å². The van der Waals surface area contributed by atoms with Gasteiger partial charge in [-0.2, -0.15) is 0 Å². The minimum atomic E-state index is -0.717. The lowest BCUT2D eigenvalue weighted by atomic mass is 9.92. The molecule has 18 heavy (non-hydrogen) atoms. The first-order valence-electron chi connectivity index (χ1n) is 6.19. The number of nitrogens with one attached hydrogen (secondary N) is 1. The Balaban J connectivity index is 2.83. The molecule has 0 aliphatic heterocycles. The molecule has 0 bridgehead atoms. The van der Waals surface area contributed by atoms with Crippen molar-refractivity contribution in [3.8, 4) is 0 Å². The summed E-state index contributed by atoms with van der Waals surface area (Å²) in [6.07, 6.45) is 2.34. The van der Waals surface area contributed by atoms with Gasteiger partial charge in [0.15, 0.2) is 0 Å². The topological polar surface area (TPSA) is 38.3 Å². The van der Waals surface area contributed by atoms with Crippen LogP contribution in [0.5, 0.6) is 0 Å². The molecule has 0 saturated heterocycles. The highest BCUT2D eigenvalue weighted by atomic mass is 16.5. The van der Waals surface area contributed by atoms with E-state index in [4.69, 9.17) is 4.74 Å². The number of benzene rings is 1. The maximum absolute atomic E-state index is 12.1. The zero-order chi connectivity index (χ0) is 13.4. The first-order chi connectivity index (χ1) is 8.62. The molecule has 98 valence electrons. The van der Waals surface area contributed by atoms with E-state index in [9.17, 15) is 4.79 Å². The van der Waals surface area contributed by atoms with E-state index in [-0.39, 0.29) is 5.97 Å². The second-order valence-corrected chi connectivity index (χ2v) is 4.38. The Morgan fingerprint density at radius 2 is 2.11 bits per heavy atom. The molecule has 3 heteroatoms. The minimum Gasteiger partial charge on any atom is -0.465 e. The predicted molar refractivity (Wildman–Crippen MR) is 73.4 cm³/mol. The predicted octanol–water partition coefficient (Wildman–Crippen LogP) is 2.33. The van der Waals surface area contributed by atoms with Gasteiger partial charge in [0.25, 0.3) is 0 Å². The van der Waals surface area contributed by atoms with Crippen molar-refractivity contribution in [2.75, 3.05) is 13.2 Å². The molecule has 1 atom stereocenters. The molecule has 3 nitrogen and oxygen atoms in total. The molecule has 0 aliphatic carbocycles. The fraction of sp³-hybridized carbons (Fsp3) is 0.400. The summed E-state index contributed by atoms with van der Waals surface area (Å²) in [5.41, 5.74) is 0.385. The van der Waals surface area contributed by atoms with E-state index in [1.807, 2.05) is 44.2 Å². The largest absolute Gasteiger partial charge is 0.465 e. The third-order valence-electron chi connectivity index (χ3n) is 2.76. The molecule has 0 spiro atoms. The Morgan fingerprint density at radius 3 is 2.67 bits per heavy atom. The molecule has 1 N–H and O–H groups in total. The van der Waals surface area contributed by atoms with Crippen molar-refractivity contribution in [2.24, 2.45) is 0 Å². The summed E-state index contributed by atoms with van der Waals surface area (Å²) in [6, 6.07) is 9.91. The zero-order valence-corrected chi connectivity index (χ0v) is 11.1. The van der Waals surface area contributed by atoms with E-state index in [0.717, 1.165) is 5.56 Å². The van der Waals surface area contributed by atoms with E-state index in [2.05, 4.69) is 11.9 Å². The summed E-state index contributed by atoms with van der Waals surface area (Å²) < 4.78 is 5.14. The molecule has 1 unspecified atom stereocenters. The SMILES string of the molecule is C=CCNC(C)(Cc1ccccc1)C(=O)OCC. The van der Waals surface area contributed by atoms with E-state index >= 15 is 0 Å². The van der Waals surface area contributed by atoms with Gasteiger partial charge in [-0.15, -0.1) is 6.58 Å². The van der Waals surface area contributed by atoms with Crippen molar-refractivity contribution in [1.29, 1.82) is 0 Å². The molecule has 0 radical (unpaired) electrons. The van der Waals surface area contributed by atoms with Gasteiger partial charge in [0.2, 0.25) is 0 Å². The fourth-order valence-electron chi connectivity index (χ4n) is 1.80. The lowest BCUT2D eigenvalue weighted by Crippen LogP contribution is -2.52. The fourth-order valence-corrected chi connectivity index (χ4v) is 1.80. The first kappa shape index (κ1) is 14.5. The summed E-state index contributed by atoms with van der Waals surface area (Å²) in [5, 5.41) is 3.19. The van der Waals surface area contributed by atoms with Gasteiger partial charge in [0.1, 0.15) is 5.54 Å². The van der Waals surface area contributed by atoms with Crippen molar-refractivity contribution in [3.05, 3.63) is 48.6 Å². The average molecular weight is 247 g/mol. The molecule has 0 aliphatic rings. The highest BCUT2D eigenvalue weighted by Gasteiger charge is 2.33. The highest BCUT2D eigenvalue weighted by molar-refractivity contribution is 5.80. The van der Waals surface area contributed by atoms with Crippen LogP contribution in [0, 0.1) is 0 Å². The van der Waals surface area contributed by atoms with E-state index in [1.54, 1.807) is 6.08 Å². The van der Waals surface area contributed by atoms with Crippen LogP contribution in [-0.4, -0.2) is 24.7 Å². The van der Waals surface area contributed by atoms with Crippen LogP contribution >= 0.6 is 0 Å². The monoisotopic (exact) mass is 247 g/mol. The molecule has 0 aromatic heterocycles. The van der Waals surface area contributed by atoms with Crippen LogP contribution in [0.15, 0.2) is 43.0 Å². The zero-order valence-electron chi connectivity index (χ0n) is 11.1. The van der Waals surface area contributed by atoms with Crippen molar-refractivity contribution in [1.82, 2.24) is 5.32 Å². The third kappa shape index (κ3) is 4.00. The highest BCUT2D eigenvalue weighted by Crippen LogP contribution is 2.15. The number of carbonyl (C=O) groups excluding carboxylic acids is 1. The summed E-state index contributed by atoms with van der Waals surface area (Å²) in [4.78, 5) is 12.1. The van der Waals surface area contributed by atoms with Gasteiger partial charge >= 0.3 is 5.97 Å². The van der Waals surface area contributed by atoms with Crippen molar-refractivity contribution in [2.45, 2.75) is 25.8 Å². The summed E-state index contributed by atoms with van der Waals surface area (Å²) in [7, 11) is 0. The van der Waals surface area contributed by atoms with Crippen LogP contribution in [0.4, 0.5) is 0 Å². The Kier molecular flexibility index (Phi) is 5.59. The lowest BCUT2D eigenvalue weighted by Gasteiger charge is -2.28. The molecule has 1 aromatic carbocycles. The maximum Gasteiger partial charge on any atom is 0.326 e. The van der Waals surface area contributed by atoms with E-state index in [1.165, 1.54) is 0 Å². The van der Waals surface area contributed by atoms with Crippen LogP contribution in [-0.2, 0) is 16.0 Å². The van der Waals surface area contributed by atoms with Crippen LogP contribution < -0.4 is 5.32 Å². The third-order valence-corrected chi connectivity index (χ3v) is 2.76. The molecular weight excluding hydrogens is 226 g/mol. The molecule has 0 saturated carbocycles. The average Bonchev–Trinajstić information content (AvgIpc) is 2.38. The minimum absolute atomic E-state index is 0.226. The molecule has 0 amide bonds. The molecular formula is C15H21NO2. The second kappa shape index (κ2) is 6.97. The number of ether oxygens (including phenoxy) is 1. The van der Waals surface area contributed by atoms with Gasteiger partial charge in [-0.1, -0.05) is 36.4 Å². The van der Waals surface area contributed by atoms with Gasteiger partial charge in [0, 0.05) is 13.0 Å². The van der Waals surface area contributed by atoms with Crippen LogP contribution in [0.2, 0.25) is 0 Å². The molecule has 1 aromatic rings. The van der Waals surface area contributed by atoms with Crippen molar-refractivity contribution < 1.29 is 9.53 Å². The van der Waals surface area contributed by atoms with Crippen LogP contribution in [0.25, 0.3) is 0 Å². The Morgan fingerprint density at radius 1 is 1.44 bits per heavy atom. The van der Waals surface area contributed by atoms with Crippen molar-refractivity contribution >= 4 is 5.97 Å². The van der Waals surface area contributed by atoms with Crippen LogP contribution in [0.3, 0.4) is 0 Å². The van der Waals surface area contributed by atoms with Gasteiger partial charge < -0.3 is 4.74 Å². The summed E-state index contributed by atoms with van der Waals surface area (Å²) in [5.74, 6) is -0.226. The standard InChI is InChI=1S/C15H21NO2/c1-4-11-16-15(3,14(17)18-5-2)12-13-9-7-6-8-10-13/h4,6-10,16H,1,5,11-12H2,2-3H3. The normalized spacial score (nSPS) is 13.7. The number of hydrogen-bond donors (Lipinski definition) is 1. The van der Waals surface area contributed by atoms with Crippen LogP contribution in [0.1, 0.15) is 19.4 Å². The smallest absolute Gasteiger partial charge is 0.326 e.